The molecular formula is C32H28BrN5O4. The van der Waals surface area contributed by atoms with Crippen LogP contribution in [0.3, 0.4) is 0 Å². The number of carbonyl (C=O) groups excluding carboxylic acids is 2. The number of aromatic nitrogens is 2. The molecule has 0 aliphatic rings. The number of hydrogen-bond donors (Lipinski definition) is 3. The molecule has 3 N–H and O–H groups in total. The van der Waals surface area contributed by atoms with Crippen LogP contribution in [-0.4, -0.2) is 34.2 Å². The fourth-order valence-electron chi connectivity index (χ4n) is 4.25. The molecule has 0 aliphatic heterocycles. The molecule has 0 bridgehead atoms. The number of hydrazone groups is 1. The lowest BCUT2D eigenvalue weighted by molar-refractivity contribution is -0.123. The van der Waals surface area contributed by atoms with Crippen LogP contribution in [0.4, 0.5) is 4.79 Å². The first-order chi connectivity index (χ1) is 20.5. The zero-order valence-corrected chi connectivity index (χ0v) is 24.1. The summed E-state index contributed by atoms with van der Waals surface area (Å²) >= 11 is 3.45. The van der Waals surface area contributed by atoms with E-state index in [0.29, 0.717) is 23.6 Å². The zero-order chi connectivity index (χ0) is 29.1. The van der Waals surface area contributed by atoms with Gasteiger partial charge in [0.25, 0.3) is 5.91 Å². The number of fused-ring (bicyclic) bond motifs is 1. The Balaban J connectivity index is 1.29. The van der Waals surface area contributed by atoms with Crippen LogP contribution in [-0.2, 0) is 29.2 Å². The number of carbonyl (C=O) groups is 2. The minimum Gasteiger partial charge on any atom is -0.488 e. The molecule has 9 nitrogen and oxygen atoms in total. The van der Waals surface area contributed by atoms with Crippen LogP contribution in [0.25, 0.3) is 10.8 Å². The molecule has 0 unspecified atom stereocenters. The molecule has 2 amide bonds. The molecule has 1 atom stereocenters. The average molecular weight is 627 g/mol. The van der Waals surface area contributed by atoms with Crippen molar-refractivity contribution in [3.05, 3.63) is 130 Å². The van der Waals surface area contributed by atoms with Crippen LogP contribution >= 0.6 is 15.9 Å². The van der Waals surface area contributed by atoms with Crippen molar-refractivity contribution in [1.29, 1.82) is 0 Å². The molecular weight excluding hydrogens is 598 g/mol. The van der Waals surface area contributed by atoms with E-state index in [2.05, 4.69) is 41.7 Å². The fraction of sp³-hybridized carbons (Fsp3) is 0.125. The maximum atomic E-state index is 13.2. The van der Waals surface area contributed by atoms with Crippen molar-refractivity contribution < 1.29 is 19.1 Å². The highest BCUT2D eigenvalue weighted by molar-refractivity contribution is 9.10. The fourth-order valence-corrected chi connectivity index (χ4v) is 4.51. The lowest BCUT2D eigenvalue weighted by Crippen LogP contribution is -2.47. The predicted octanol–water partition coefficient (Wildman–Crippen LogP) is 5.89. The van der Waals surface area contributed by atoms with Crippen LogP contribution in [0.1, 0.15) is 22.4 Å². The molecule has 5 rings (SSSR count). The largest absolute Gasteiger partial charge is 0.488 e. The molecule has 1 aromatic heterocycles. The summed E-state index contributed by atoms with van der Waals surface area (Å²) in [5.41, 5.74) is 5.78. The van der Waals surface area contributed by atoms with Gasteiger partial charge in [-0.15, -0.1) is 0 Å². The second kappa shape index (κ2) is 14.1. The van der Waals surface area contributed by atoms with Gasteiger partial charge < -0.3 is 19.8 Å². The number of H-pyrrole nitrogens is 1. The summed E-state index contributed by atoms with van der Waals surface area (Å²) in [4.78, 5) is 32.7. The van der Waals surface area contributed by atoms with E-state index in [1.807, 2.05) is 91.0 Å². The van der Waals surface area contributed by atoms with Gasteiger partial charge in [0.1, 0.15) is 25.0 Å². The van der Waals surface area contributed by atoms with E-state index in [0.717, 1.165) is 26.4 Å². The quantitative estimate of drug-likeness (QED) is 0.125. The number of hydrogen-bond acceptors (Lipinski definition) is 6. The molecule has 4 aromatic carbocycles. The van der Waals surface area contributed by atoms with Crippen molar-refractivity contribution in [2.45, 2.75) is 25.7 Å². The molecule has 0 spiro atoms. The zero-order valence-electron chi connectivity index (χ0n) is 22.5. The third kappa shape index (κ3) is 7.82. The highest BCUT2D eigenvalue weighted by Gasteiger charge is 2.22. The number of nitrogens with zero attached hydrogens (tertiary/aromatic N) is 2. The number of benzene rings is 4. The van der Waals surface area contributed by atoms with Gasteiger partial charge in [0.05, 0.1) is 12.5 Å². The molecule has 1 heterocycles. The summed E-state index contributed by atoms with van der Waals surface area (Å²) in [5, 5.41) is 8.79. The van der Waals surface area contributed by atoms with Gasteiger partial charge in [0, 0.05) is 28.3 Å². The van der Waals surface area contributed by atoms with Crippen LogP contribution < -0.4 is 15.5 Å². The third-order valence-electron chi connectivity index (χ3n) is 6.41. The van der Waals surface area contributed by atoms with Crippen LogP contribution in [0.5, 0.6) is 5.75 Å². The first-order valence-electron chi connectivity index (χ1n) is 13.2. The summed E-state index contributed by atoms with van der Waals surface area (Å²) in [5.74, 6) is 0.0984. The number of nitrogens with one attached hydrogen (secondary N) is 3. The van der Waals surface area contributed by atoms with E-state index in [1.54, 1.807) is 12.4 Å². The molecule has 212 valence electrons. The number of alkyl carbamates (subject to hydrolysis) is 1. The van der Waals surface area contributed by atoms with Gasteiger partial charge in [-0.25, -0.2) is 15.2 Å². The van der Waals surface area contributed by atoms with E-state index in [-0.39, 0.29) is 13.0 Å². The first kappa shape index (κ1) is 28.6. The van der Waals surface area contributed by atoms with E-state index < -0.39 is 18.0 Å². The lowest BCUT2D eigenvalue weighted by Gasteiger charge is -2.16. The van der Waals surface area contributed by atoms with Crippen molar-refractivity contribution >= 4 is 44.9 Å². The van der Waals surface area contributed by atoms with Crippen molar-refractivity contribution in [3.63, 3.8) is 0 Å². The number of imidazole rings is 1. The normalized spacial score (nSPS) is 11.7. The van der Waals surface area contributed by atoms with Crippen molar-refractivity contribution in [3.8, 4) is 5.75 Å². The van der Waals surface area contributed by atoms with E-state index >= 15 is 0 Å². The number of aromatic amines is 1. The van der Waals surface area contributed by atoms with Crippen molar-refractivity contribution in [2.75, 3.05) is 0 Å². The molecule has 0 saturated carbocycles. The smallest absolute Gasteiger partial charge is 0.408 e. The highest BCUT2D eigenvalue weighted by atomic mass is 79.9. The summed E-state index contributed by atoms with van der Waals surface area (Å²) in [6.07, 6.45) is 4.09. The molecule has 10 heteroatoms. The summed E-state index contributed by atoms with van der Waals surface area (Å²) < 4.78 is 12.5. The van der Waals surface area contributed by atoms with Crippen molar-refractivity contribution in [1.82, 2.24) is 20.7 Å². The second-order valence-electron chi connectivity index (χ2n) is 9.39. The van der Waals surface area contributed by atoms with Gasteiger partial charge in [0.2, 0.25) is 0 Å². The standard InChI is InChI=1S/C32H28BrN5O4/c33-25-13-10-23(11-14-25)19-41-30-15-12-24-8-4-5-9-27(24)28(30)18-36-38-31(39)29(16-26-17-34-21-35-26)37-32(40)42-20-22-6-2-1-3-7-22/h1-15,17-18,21,29H,16,19-20H2,(H,34,35)(H,37,40)(H,38,39)/b36-18-/t29-/m1/s1. The summed E-state index contributed by atoms with van der Waals surface area (Å²) in [6.45, 7) is 0.438. The minimum absolute atomic E-state index is 0.0767. The van der Waals surface area contributed by atoms with Gasteiger partial charge in [-0.3, -0.25) is 4.79 Å². The monoisotopic (exact) mass is 625 g/mol. The number of halogens is 1. The maximum Gasteiger partial charge on any atom is 0.408 e. The predicted molar refractivity (Wildman–Crippen MR) is 164 cm³/mol. The number of amides is 2. The average Bonchev–Trinajstić information content (AvgIpc) is 3.53. The van der Waals surface area contributed by atoms with Crippen molar-refractivity contribution in [2.24, 2.45) is 5.10 Å². The highest BCUT2D eigenvalue weighted by Crippen LogP contribution is 2.27. The Bertz CT molecular complexity index is 1660. The molecule has 0 fully saturated rings. The van der Waals surface area contributed by atoms with Crippen LogP contribution in [0.15, 0.2) is 113 Å². The SMILES string of the molecule is O=C(N[C@H](Cc1cnc[nH]1)C(=O)N/N=C\c1c(OCc2ccc(Br)cc2)ccc2ccccc12)OCc1ccccc1. The van der Waals surface area contributed by atoms with E-state index in [9.17, 15) is 9.59 Å². The Labute approximate surface area is 251 Å². The molecule has 0 aliphatic carbocycles. The van der Waals surface area contributed by atoms with Gasteiger partial charge in [-0.2, -0.15) is 5.10 Å². The molecule has 42 heavy (non-hydrogen) atoms. The Hall–Kier alpha value is -4.96. The number of rotatable bonds is 11. The first-order valence-corrected chi connectivity index (χ1v) is 14.0. The van der Waals surface area contributed by atoms with Gasteiger partial charge in [0.15, 0.2) is 0 Å². The Morgan fingerprint density at radius 1 is 0.929 bits per heavy atom. The van der Waals surface area contributed by atoms with Crippen LogP contribution in [0, 0.1) is 0 Å². The maximum absolute atomic E-state index is 13.2. The number of ether oxygens (including phenoxy) is 2. The lowest BCUT2D eigenvalue weighted by atomic mass is 10.0. The third-order valence-corrected chi connectivity index (χ3v) is 6.94. The molecule has 0 saturated heterocycles. The Morgan fingerprint density at radius 3 is 2.48 bits per heavy atom. The van der Waals surface area contributed by atoms with Gasteiger partial charge >= 0.3 is 6.09 Å². The topological polar surface area (TPSA) is 118 Å². The van der Waals surface area contributed by atoms with E-state index in [1.165, 1.54) is 6.33 Å². The van der Waals surface area contributed by atoms with Crippen LogP contribution in [0.2, 0.25) is 0 Å². The van der Waals surface area contributed by atoms with Gasteiger partial charge in [-0.05, 0) is 40.1 Å². The summed E-state index contributed by atoms with van der Waals surface area (Å²) in [6, 6.07) is 27.9. The Kier molecular flexibility index (Phi) is 9.58. The molecule has 0 radical (unpaired) electrons. The minimum atomic E-state index is -0.966. The summed E-state index contributed by atoms with van der Waals surface area (Å²) in [7, 11) is 0. The van der Waals surface area contributed by atoms with Gasteiger partial charge in [-0.1, -0.05) is 88.7 Å². The second-order valence-corrected chi connectivity index (χ2v) is 10.3. The molecule has 5 aromatic rings. The Morgan fingerprint density at radius 2 is 1.69 bits per heavy atom. The van der Waals surface area contributed by atoms with E-state index in [4.69, 9.17) is 9.47 Å².